The fourth-order valence-corrected chi connectivity index (χ4v) is 4.91. The van der Waals surface area contributed by atoms with Crippen molar-refractivity contribution in [3.63, 3.8) is 0 Å². The molecule has 148 valence electrons. The molecule has 0 spiro atoms. The second-order valence-corrected chi connectivity index (χ2v) is 8.07. The highest BCUT2D eigenvalue weighted by Crippen LogP contribution is 2.44. The van der Waals surface area contributed by atoms with Crippen LogP contribution in [0.5, 0.6) is 11.5 Å². The maximum atomic E-state index is 13.0. The molecule has 2 aliphatic rings. The molecule has 1 amide bonds. The molecule has 1 atom stereocenters. The zero-order valence-corrected chi connectivity index (χ0v) is 17.1. The molecule has 6 nitrogen and oxygen atoms in total. The summed E-state index contributed by atoms with van der Waals surface area (Å²) < 4.78 is 5.20. The van der Waals surface area contributed by atoms with E-state index in [4.69, 9.17) is 4.74 Å². The largest absolute Gasteiger partial charge is 0.504 e. The second kappa shape index (κ2) is 7.72. The fourth-order valence-electron chi connectivity index (χ4n) is 3.75. The molecule has 2 aliphatic heterocycles. The van der Waals surface area contributed by atoms with Crippen molar-refractivity contribution in [3.05, 3.63) is 64.2 Å². The SMILES string of the molecule is COc1cc([C@@H]2CC(=O)N3CN(c4cccc(C)c4)CSC3=C2C#N)ccc1O. The Labute approximate surface area is 174 Å². The summed E-state index contributed by atoms with van der Waals surface area (Å²) in [6.07, 6.45) is 0.211. The van der Waals surface area contributed by atoms with Crippen LogP contribution in [0.1, 0.15) is 23.5 Å². The van der Waals surface area contributed by atoms with E-state index in [2.05, 4.69) is 17.0 Å². The minimum Gasteiger partial charge on any atom is -0.504 e. The molecule has 1 N–H and O–H groups in total. The highest BCUT2D eigenvalue weighted by Gasteiger charge is 2.38. The lowest BCUT2D eigenvalue weighted by Gasteiger charge is -2.42. The lowest BCUT2D eigenvalue weighted by molar-refractivity contribution is -0.129. The number of aryl methyl sites for hydroxylation is 1. The first-order valence-corrected chi connectivity index (χ1v) is 10.3. The monoisotopic (exact) mass is 407 g/mol. The normalized spacial score (nSPS) is 19.1. The average molecular weight is 407 g/mol. The van der Waals surface area contributed by atoms with Gasteiger partial charge in [0.05, 0.1) is 36.3 Å². The van der Waals surface area contributed by atoms with Gasteiger partial charge >= 0.3 is 0 Å². The van der Waals surface area contributed by atoms with Crippen LogP contribution >= 0.6 is 11.8 Å². The van der Waals surface area contributed by atoms with Gasteiger partial charge in [0.15, 0.2) is 11.5 Å². The number of benzene rings is 2. The van der Waals surface area contributed by atoms with Crippen LogP contribution in [0.2, 0.25) is 0 Å². The van der Waals surface area contributed by atoms with Gasteiger partial charge in [-0.05, 0) is 42.3 Å². The van der Waals surface area contributed by atoms with Crippen LogP contribution in [0.3, 0.4) is 0 Å². The maximum absolute atomic E-state index is 13.0. The molecule has 0 saturated carbocycles. The maximum Gasteiger partial charge on any atom is 0.229 e. The summed E-state index contributed by atoms with van der Waals surface area (Å²) in [5, 5.41) is 20.5. The number of hydrogen-bond donors (Lipinski definition) is 1. The highest BCUT2D eigenvalue weighted by atomic mass is 32.2. The lowest BCUT2D eigenvalue weighted by Crippen LogP contribution is -2.47. The van der Waals surface area contributed by atoms with E-state index in [9.17, 15) is 15.2 Å². The topological polar surface area (TPSA) is 76.8 Å². The molecule has 0 aromatic heterocycles. The van der Waals surface area contributed by atoms with Crippen LogP contribution in [0.15, 0.2) is 53.1 Å². The van der Waals surface area contributed by atoms with E-state index in [1.807, 2.05) is 25.1 Å². The zero-order chi connectivity index (χ0) is 20.5. The molecule has 4 rings (SSSR count). The Bertz CT molecular complexity index is 1040. The van der Waals surface area contributed by atoms with Crippen LogP contribution in [0.4, 0.5) is 5.69 Å². The molecular formula is C22H21N3O3S. The van der Waals surface area contributed by atoms with E-state index in [0.29, 0.717) is 23.9 Å². The van der Waals surface area contributed by atoms with Gasteiger partial charge in [0.1, 0.15) is 0 Å². The third-order valence-corrected chi connectivity index (χ3v) is 6.42. The smallest absolute Gasteiger partial charge is 0.229 e. The first kappa shape index (κ1) is 19.2. The van der Waals surface area contributed by atoms with Crippen molar-refractivity contribution in [1.82, 2.24) is 4.90 Å². The number of methoxy groups -OCH3 is 1. The van der Waals surface area contributed by atoms with E-state index in [0.717, 1.165) is 21.8 Å². The van der Waals surface area contributed by atoms with Gasteiger partial charge in [-0.15, -0.1) is 0 Å². The number of phenolic OH excluding ortho intramolecular Hbond substituents is 1. The van der Waals surface area contributed by atoms with Crippen molar-refractivity contribution < 1.29 is 14.6 Å². The van der Waals surface area contributed by atoms with Crippen molar-refractivity contribution in [2.45, 2.75) is 19.3 Å². The molecule has 2 aromatic rings. The van der Waals surface area contributed by atoms with E-state index in [1.165, 1.54) is 24.9 Å². The number of nitriles is 1. The summed E-state index contributed by atoms with van der Waals surface area (Å²) in [5.74, 6) is 0.681. The minimum absolute atomic E-state index is 0.0131. The van der Waals surface area contributed by atoms with E-state index >= 15 is 0 Å². The molecule has 0 aliphatic carbocycles. The average Bonchev–Trinajstić information content (AvgIpc) is 2.74. The molecule has 0 bridgehead atoms. The van der Waals surface area contributed by atoms with Gasteiger partial charge < -0.3 is 14.7 Å². The number of carbonyl (C=O) groups excluding carboxylic acids is 1. The Morgan fingerprint density at radius 3 is 2.83 bits per heavy atom. The number of amides is 1. The quantitative estimate of drug-likeness (QED) is 0.831. The van der Waals surface area contributed by atoms with Gasteiger partial charge in [-0.2, -0.15) is 5.26 Å². The molecule has 7 heteroatoms. The molecule has 1 saturated heterocycles. The predicted octanol–water partition coefficient (Wildman–Crippen LogP) is 3.93. The van der Waals surface area contributed by atoms with Crippen molar-refractivity contribution in [1.29, 1.82) is 5.26 Å². The summed E-state index contributed by atoms with van der Waals surface area (Å²) in [4.78, 5) is 16.8. The number of anilines is 1. The Kier molecular flexibility index (Phi) is 5.12. The number of carbonyl (C=O) groups is 1. The van der Waals surface area contributed by atoms with Crippen molar-refractivity contribution >= 4 is 23.4 Å². The fraction of sp³-hybridized carbons (Fsp3) is 0.273. The Morgan fingerprint density at radius 2 is 2.10 bits per heavy atom. The van der Waals surface area contributed by atoms with Crippen LogP contribution < -0.4 is 9.64 Å². The number of rotatable bonds is 3. The number of aromatic hydroxyl groups is 1. The summed E-state index contributed by atoms with van der Waals surface area (Å²) >= 11 is 1.51. The molecule has 2 aromatic carbocycles. The van der Waals surface area contributed by atoms with Crippen molar-refractivity contribution in [2.75, 3.05) is 24.6 Å². The first-order valence-electron chi connectivity index (χ1n) is 9.27. The van der Waals surface area contributed by atoms with Crippen molar-refractivity contribution in [3.8, 4) is 17.6 Å². The van der Waals surface area contributed by atoms with E-state index in [-0.39, 0.29) is 24.0 Å². The number of fused-ring (bicyclic) bond motifs is 1. The molecule has 2 heterocycles. The lowest BCUT2D eigenvalue weighted by atomic mass is 9.86. The predicted molar refractivity (Wildman–Crippen MR) is 112 cm³/mol. The number of allylic oxidation sites excluding steroid dienone is 1. The number of thioether (sulfide) groups is 1. The standard InChI is InChI=1S/C22H21N3O3S/c1-14-4-3-5-16(8-14)24-12-25-21(27)10-17(18(11-23)22(25)29-13-24)15-6-7-19(26)20(9-15)28-2/h3-9,17,26H,10,12-13H2,1-2H3/t17-/m0/s1. The molecule has 0 unspecified atom stereocenters. The van der Waals surface area contributed by atoms with Crippen LogP contribution in [-0.2, 0) is 4.79 Å². The van der Waals surface area contributed by atoms with Crippen LogP contribution in [0.25, 0.3) is 0 Å². The summed E-state index contributed by atoms with van der Waals surface area (Å²) in [5.41, 5.74) is 3.61. The van der Waals surface area contributed by atoms with E-state index in [1.54, 1.807) is 17.0 Å². The van der Waals surface area contributed by atoms with Gasteiger partial charge in [0.25, 0.3) is 0 Å². The zero-order valence-electron chi connectivity index (χ0n) is 16.3. The third-order valence-electron chi connectivity index (χ3n) is 5.27. The highest BCUT2D eigenvalue weighted by molar-refractivity contribution is 8.03. The number of hydrogen-bond acceptors (Lipinski definition) is 6. The van der Waals surface area contributed by atoms with Crippen LogP contribution in [-0.4, -0.2) is 35.6 Å². The van der Waals surface area contributed by atoms with Crippen LogP contribution in [0, 0.1) is 18.3 Å². The van der Waals surface area contributed by atoms with E-state index < -0.39 is 0 Å². The first-order chi connectivity index (χ1) is 14.0. The summed E-state index contributed by atoms with van der Waals surface area (Å²) in [7, 11) is 1.48. The number of ether oxygens (including phenoxy) is 1. The number of nitrogens with zero attached hydrogens (tertiary/aromatic N) is 3. The summed E-state index contributed by atoms with van der Waals surface area (Å²) in [6, 6.07) is 15.5. The third kappa shape index (κ3) is 3.52. The molecule has 0 radical (unpaired) electrons. The van der Waals surface area contributed by atoms with Gasteiger partial charge in [-0.1, -0.05) is 30.0 Å². The van der Waals surface area contributed by atoms with Gasteiger partial charge in [0, 0.05) is 18.0 Å². The van der Waals surface area contributed by atoms with Crippen molar-refractivity contribution in [2.24, 2.45) is 0 Å². The van der Waals surface area contributed by atoms with Gasteiger partial charge in [0.2, 0.25) is 5.91 Å². The molecule has 29 heavy (non-hydrogen) atoms. The second-order valence-electron chi connectivity index (χ2n) is 7.13. The van der Waals surface area contributed by atoms with Gasteiger partial charge in [-0.3, -0.25) is 9.69 Å². The number of phenols is 1. The Balaban J connectivity index is 1.68. The minimum atomic E-state index is -0.341. The van der Waals surface area contributed by atoms with Gasteiger partial charge in [-0.25, -0.2) is 0 Å². The molecular weight excluding hydrogens is 386 g/mol. The Hall–Kier alpha value is -3.11. The molecule has 1 fully saturated rings. The summed E-state index contributed by atoms with van der Waals surface area (Å²) in [6.45, 7) is 2.48. The Morgan fingerprint density at radius 1 is 1.28 bits per heavy atom.